The largest absolute Gasteiger partial charge is 0.508 e. The van der Waals surface area contributed by atoms with Gasteiger partial charge in [0, 0.05) is 6.04 Å². The zero-order chi connectivity index (χ0) is 15.8. The standard InChI is InChI=1S/C18H21NO3/c1-14(7-8-15-9-11-17(20)12-10-15)19-18(21)22-13-16-5-3-2-4-6-16/h2-6,9-12,14,20H,7-8,13H2,1H3,(H,19,21). The van der Waals surface area contributed by atoms with Gasteiger partial charge in [0.1, 0.15) is 12.4 Å². The quantitative estimate of drug-likeness (QED) is 0.856. The van der Waals surface area contributed by atoms with Crippen LogP contribution in [0.2, 0.25) is 0 Å². The zero-order valence-electron chi connectivity index (χ0n) is 12.7. The van der Waals surface area contributed by atoms with Crippen LogP contribution in [0.15, 0.2) is 54.6 Å². The number of hydrogen-bond acceptors (Lipinski definition) is 3. The van der Waals surface area contributed by atoms with E-state index >= 15 is 0 Å². The summed E-state index contributed by atoms with van der Waals surface area (Å²) in [6.45, 7) is 2.22. The van der Waals surface area contributed by atoms with Crippen molar-refractivity contribution >= 4 is 6.09 Å². The Hall–Kier alpha value is -2.49. The molecule has 2 rings (SSSR count). The van der Waals surface area contributed by atoms with E-state index in [-0.39, 0.29) is 18.4 Å². The summed E-state index contributed by atoms with van der Waals surface area (Å²) in [6.07, 6.45) is 1.24. The van der Waals surface area contributed by atoms with Crippen LogP contribution in [0.4, 0.5) is 4.79 Å². The average molecular weight is 299 g/mol. The summed E-state index contributed by atoms with van der Waals surface area (Å²) in [7, 11) is 0. The third-order valence-electron chi connectivity index (χ3n) is 3.38. The van der Waals surface area contributed by atoms with Crippen LogP contribution in [0.5, 0.6) is 5.75 Å². The summed E-state index contributed by atoms with van der Waals surface area (Å²) in [4.78, 5) is 11.7. The van der Waals surface area contributed by atoms with Crippen LogP contribution in [0.3, 0.4) is 0 Å². The van der Waals surface area contributed by atoms with Gasteiger partial charge in [0.05, 0.1) is 0 Å². The molecule has 0 spiro atoms. The number of phenolic OH excluding ortho intramolecular Hbond substituents is 1. The van der Waals surface area contributed by atoms with Crippen molar-refractivity contribution in [2.24, 2.45) is 0 Å². The van der Waals surface area contributed by atoms with E-state index in [1.54, 1.807) is 12.1 Å². The lowest BCUT2D eigenvalue weighted by Crippen LogP contribution is -2.33. The first kappa shape index (κ1) is 15.9. The molecule has 2 aromatic rings. The van der Waals surface area contributed by atoms with Gasteiger partial charge in [-0.05, 0) is 43.0 Å². The molecule has 22 heavy (non-hydrogen) atoms. The van der Waals surface area contributed by atoms with Crippen LogP contribution in [-0.2, 0) is 17.8 Å². The molecule has 1 amide bonds. The van der Waals surface area contributed by atoms with Crippen LogP contribution in [0, 0.1) is 0 Å². The number of rotatable bonds is 6. The molecule has 0 aromatic heterocycles. The maximum absolute atomic E-state index is 11.7. The Kier molecular flexibility index (Phi) is 5.83. The monoisotopic (exact) mass is 299 g/mol. The summed E-state index contributed by atoms with van der Waals surface area (Å²) >= 11 is 0. The topological polar surface area (TPSA) is 58.6 Å². The molecule has 116 valence electrons. The minimum Gasteiger partial charge on any atom is -0.508 e. The van der Waals surface area contributed by atoms with E-state index in [1.165, 1.54) is 0 Å². The number of nitrogens with one attached hydrogen (secondary N) is 1. The average Bonchev–Trinajstić information content (AvgIpc) is 2.53. The Morgan fingerprint density at radius 3 is 2.45 bits per heavy atom. The number of ether oxygens (including phenoxy) is 1. The second-order valence-electron chi connectivity index (χ2n) is 5.31. The van der Waals surface area contributed by atoms with Crippen molar-refractivity contribution in [3.8, 4) is 5.75 Å². The van der Waals surface area contributed by atoms with Crippen molar-refractivity contribution in [1.82, 2.24) is 5.32 Å². The number of benzene rings is 2. The maximum atomic E-state index is 11.7. The minimum absolute atomic E-state index is 0.0251. The highest BCUT2D eigenvalue weighted by Gasteiger charge is 2.08. The molecule has 4 heteroatoms. The van der Waals surface area contributed by atoms with Crippen molar-refractivity contribution in [2.75, 3.05) is 0 Å². The summed E-state index contributed by atoms with van der Waals surface area (Å²) in [5.41, 5.74) is 2.10. The number of alkyl carbamates (subject to hydrolysis) is 1. The van der Waals surface area contributed by atoms with Crippen molar-refractivity contribution in [1.29, 1.82) is 0 Å². The van der Waals surface area contributed by atoms with Crippen LogP contribution in [-0.4, -0.2) is 17.2 Å². The second-order valence-corrected chi connectivity index (χ2v) is 5.31. The highest BCUT2D eigenvalue weighted by Crippen LogP contribution is 2.12. The number of carbonyl (C=O) groups excluding carboxylic acids is 1. The molecule has 2 aromatic carbocycles. The van der Waals surface area contributed by atoms with Gasteiger partial charge < -0.3 is 15.2 Å². The molecule has 1 atom stereocenters. The highest BCUT2D eigenvalue weighted by atomic mass is 16.5. The van der Waals surface area contributed by atoms with Crippen LogP contribution >= 0.6 is 0 Å². The SMILES string of the molecule is CC(CCc1ccc(O)cc1)NC(=O)OCc1ccccc1. The fraction of sp³-hybridized carbons (Fsp3) is 0.278. The van der Waals surface area contributed by atoms with Crippen molar-refractivity contribution < 1.29 is 14.6 Å². The molecule has 0 aliphatic carbocycles. The second kappa shape index (κ2) is 8.08. The van der Waals surface area contributed by atoms with E-state index in [4.69, 9.17) is 4.74 Å². The lowest BCUT2D eigenvalue weighted by atomic mass is 10.1. The Morgan fingerprint density at radius 1 is 1.09 bits per heavy atom. The fourth-order valence-electron chi connectivity index (χ4n) is 2.08. The Balaban J connectivity index is 1.68. The normalized spacial score (nSPS) is 11.7. The number of carbonyl (C=O) groups is 1. The van der Waals surface area contributed by atoms with Gasteiger partial charge in [0.2, 0.25) is 0 Å². The third-order valence-corrected chi connectivity index (χ3v) is 3.38. The molecule has 0 heterocycles. The minimum atomic E-state index is -0.401. The first-order valence-corrected chi connectivity index (χ1v) is 7.38. The lowest BCUT2D eigenvalue weighted by molar-refractivity contribution is 0.136. The predicted octanol–water partition coefficient (Wildman–Crippen LogP) is 3.64. The van der Waals surface area contributed by atoms with Gasteiger partial charge in [0.25, 0.3) is 0 Å². The van der Waals surface area contributed by atoms with E-state index in [2.05, 4.69) is 5.32 Å². The molecule has 1 unspecified atom stereocenters. The van der Waals surface area contributed by atoms with Crippen molar-refractivity contribution in [3.05, 3.63) is 65.7 Å². The van der Waals surface area contributed by atoms with Gasteiger partial charge in [-0.2, -0.15) is 0 Å². The summed E-state index contributed by atoms with van der Waals surface area (Å²) in [6, 6.07) is 16.7. The zero-order valence-corrected chi connectivity index (χ0v) is 12.7. The molecule has 0 fully saturated rings. The number of aromatic hydroxyl groups is 1. The van der Waals surface area contributed by atoms with Crippen molar-refractivity contribution in [3.63, 3.8) is 0 Å². The highest BCUT2D eigenvalue weighted by molar-refractivity contribution is 5.67. The summed E-state index contributed by atoms with van der Waals surface area (Å²) in [5, 5.41) is 12.1. The molecule has 0 bridgehead atoms. The Bertz CT molecular complexity index is 581. The number of amides is 1. The van der Waals surface area contributed by atoms with E-state index < -0.39 is 6.09 Å². The van der Waals surface area contributed by atoms with E-state index in [0.29, 0.717) is 0 Å². The number of aryl methyl sites for hydroxylation is 1. The summed E-state index contributed by atoms with van der Waals surface area (Å²) < 4.78 is 5.18. The molecule has 0 aliphatic heterocycles. The van der Waals surface area contributed by atoms with E-state index in [1.807, 2.05) is 49.4 Å². The van der Waals surface area contributed by atoms with Crippen LogP contribution in [0.1, 0.15) is 24.5 Å². The molecule has 0 radical (unpaired) electrons. The van der Waals surface area contributed by atoms with Gasteiger partial charge >= 0.3 is 6.09 Å². The number of hydrogen-bond donors (Lipinski definition) is 2. The Labute approximate surface area is 130 Å². The molecule has 0 saturated heterocycles. The van der Waals surface area contributed by atoms with Crippen LogP contribution in [0.25, 0.3) is 0 Å². The van der Waals surface area contributed by atoms with Crippen LogP contribution < -0.4 is 5.32 Å². The molecule has 2 N–H and O–H groups in total. The molecular formula is C18H21NO3. The lowest BCUT2D eigenvalue weighted by Gasteiger charge is -2.14. The first-order valence-electron chi connectivity index (χ1n) is 7.38. The third kappa shape index (κ3) is 5.48. The van der Waals surface area contributed by atoms with Gasteiger partial charge in [0.15, 0.2) is 0 Å². The molecule has 0 saturated carbocycles. The van der Waals surface area contributed by atoms with Crippen molar-refractivity contribution in [2.45, 2.75) is 32.4 Å². The molecule has 0 aliphatic rings. The molecule has 4 nitrogen and oxygen atoms in total. The van der Waals surface area contributed by atoms with Gasteiger partial charge in [-0.1, -0.05) is 42.5 Å². The first-order chi connectivity index (χ1) is 10.6. The van der Waals surface area contributed by atoms with Gasteiger partial charge in [-0.25, -0.2) is 4.79 Å². The smallest absolute Gasteiger partial charge is 0.407 e. The fourth-order valence-corrected chi connectivity index (χ4v) is 2.08. The maximum Gasteiger partial charge on any atom is 0.407 e. The van der Waals surface area contributed by atoms with E-state index in [9.17, 15) is 9.90 Å². The summed E-state index contributed by atoms with van der Waals surface area (Å²) in [5.74, 6) is 0.263. The van der Waals surface area contributed by atoms with Gasteiger partial charge in [-0.15, -0.1) is 0 Å². The predicted molar refractivity (Wildman–Crippen MR) is 85.7 cm³/mol. The van der Waals surface area contributed by atoms with Gasteiger partial charge in [-0.3, -0.25) is 0 Å². The Morgan fingerprint density at radius 2 is 1.77 bits per heavy atom. The number of phenols is 1. The molecular weight excluding hydrogens is 278 g/mol. The van der Waals surface area contributed by atoms with E-state index in [0.717, 1.165) is 24.0 Å².